The fraction of sp³-hybridized carbons (Fsp3) is 0.371. The molecule has 0 atom stereocenters. The Morgan fingerprint density at radius 3 is 2.50 bits per heavy atom. The van der Waals surface area contributed by atoms with E-state index in [2.05, 4.69) is 39.9 Å². The van der Waals surface area contributed by atoms with E-state index < -0.39 is 5.91 Å². The zero-order valence-corrected chi connectivity index (χ0v) is 26.1. The Morgan fingerprint density at radius 1 is 0.977 bits per heavy atom. The molecule has 0 unspecified atom stereocenters. The molecule has 44 heavy (non-hydrogen) atoms. The Balaban J connectivity index is 1.41. The Labute approximate surface area is 260 Å². The summed E-state index contributed by atoms with van der Waals surface area (Å²) in [4.78, 5) is 38.6. The lowest BCUT2D eigenvalue weighted by Crippen LogP contribution is -2.42. The number of aryl methyl sites for hydroxylation is 2. The highest BCUT2D eigenvalue weighted by molar-refractivity contribution is 7.15. The van der Waals surface area contributed by atoms with Crippen molar-refractivity contribution in [1.29, 1.82) is 0 Å². The number of morpholine rings is 1. The van der Waals surface area contributed by atoms with Gasteiger partial charge in [-0.1, -0.05) is 37.5 Å². The van der Waals surface area contributed by atoms with Crippen molar-refractivity contribution in [3.05, 3.63) is 70.4 Å². The van der Waals surface area contributed by atoms with Gasteiger partial charge in [-0.05, 0) is 74.1 Å². The van der Waals surface area contributed by atoms with E-state index in [1.807, 2.05) is 36.9 Å². The van der Waals surface area contributed by atoms with Gasteiger partial charge in [-0.25, -0.2) is 9.97 Å². The van der Waals surface area contributed by atoms with Gasteiger partial charge in [-0.15, -0.1) is 11.3 Å². The van der Waals surface area contributed by atoms with Crippen LogP contribution in [0.4, 0.5) is 0 Å². The number of benzene rings is 2. The highest BCUT2D eigenvalue weighted by Gasteiger charge is 2.29. The molecule has 2 fully saturated rings. The van der Waals surface area contributed by atoms with Gasteiger partial charge < -0.3 is 19.9 Å². The zero-order valence-electron chi connectivity index (χ0n) is 25.3. The Kier molecular flexibility index (Phi) is 7.68. The summed E-state index contributed by atoms with van der Waals surface area (Å²) in [6.45, 7) is 6.49. The fourth-order valence-corrected chi connectivity index (χ4v) is 7.92. The first-order valence-corrected chi connectivity index (χ1v) is 16.4. The average molecular weight is 608 g/mol. The molecular weight excluding hydrogens is 570 g/mol. The molecule has 5 aromatic rings. The summed E-state index contributed by atoms with van der Waals surface area (Å²) in [5.41, 5.74) is 13.3. The quantitative estimate of drug-likeness (QED) is 0.234. The van der Waals surface area contributed by atoms with E-state index in [1.165, 1.54) is 24.8 Å². The van der Waals surface area contributed by atoms with Gasteiger partial charge in [0.25, 0.3) is 0 Å². The van der Waals surface area contributed by atoms with E-state index in [-0.39, 0.29) is 12.5 Å². The number of nitrogens with two attached hydrogens (primary N) is 1. The summed E-state index contributed by atoms with van der Waals surface area (Å²) in [7, 11) is 0. The highest BCUT2D eigenvalue weighted by Crippen LogP contribution is 2.45. The highest BCUT2D eigenvalue weighted by atomic mass is 32.1. The van der Waals surface area contributed by atoms with E-state index in [9.17, 15) is 9.59 Å². The maximum Gasteiger partial charge on any atom is 0.248 e. The summed E-state index contributed by atoms with van der Waals surface area (Å²) in [6.07, 6.45) is 5.82. The monoisotopic (exact) mass is 607 g/mol. The van der Waals surface area contributed by atoms with Gasteiger partial charge in [0.05, 0.1) is 51.2 Å². The number of nitrogens with zero attached hydrogens (tertiary/aromatic N) is 4. The van der Waals surface area contributed by atoms with Crippen LogP contribution in [0, 0.1) is 13.8 Å². The normalized spacial score (nSPS) is 16.2. The van der Waals surface area contributed by atoms with Crippen molar-refractivity contribution in [2.24, 2.45) is 5.73 Å². The second kappa shape index (κ2) is 11.8. The van der Waals surface area contributed by atoms with Crippen LogP contribution in [0.2, 0.25) is 0 Å². The maximum absolute atomic E-state index is 13.8. The fourth-order valence-electron chi connectivity index (χ4n) is 7.03. The number of carbonyl (C=O) groups excluding carboxylic acids is 2. The molecule has 0 radical (unpaired) electrons. The molecule has 2 aliphatic rings. The van der Waals surface area contributed by atoms with Crippen LogP contribution in [0.1, 0.15) is 64.6 Å². The van der Waals surface area contributed by atoms with Crippen LogP contribution in [0.5, 0.6) is 0 Å². The van der Waals surface area contributed by atoms with Gasteiger partial charge in [-0.2, -0.15) is 0 Å². The van der Waals surface area contributed by atoms with Crippen LogP contribution in [-0.4, -0.2) is 57.6 Å². The zero-order chi connectivity index (χ0) is 30.4. The van der Waals surface area contributed by atoms with Crippen LogP contribution in [-0.2, 0) is 16.1 Å². The maximum atomic E-state index is 13.8. The summed E-state index contributed by atoms with van der Waals surface area (Å²) in [6, 6.07) is 16.4. The minimum Gasteiger partial charge on any atom is -0.378 e. The number of hydrogen-bond donors (Lipinski definition) is 1. The van der Waals surface area contributed by atoms with Crippen LogP contribution in [0.15, 0.2) is 48.5 Å². The van der Waals surface area contributed by atoms with Crippen LogP contribution in [0.25, 0.3) is 43.6 Å². The molecule has 0 spiro atoms. The van der Waals surface area contributed by atoms with Crippen molar-refractivity contribution >= 4 is 45.0 Å². The molecule has 7 rings (SSSR count). The molecule has 2 amide bonds. The first-order valence-electron chi connectivity index (χ1n) is 15.5. The molecule has 8 nitrogen and oxygen atoms in total. The molecule has 2 aromatic carbocycles. The summed E-state index contributed by atoms with van der Waals surface area (Å²) in [5.74, 6) is -0.0542. The molecule has 4 heterocycles. The van der Waals surface area contributed by atoms with E-state index in [0.29, 0.717) is 37.8 Å². The number of pyridine rings is 1. The number of carbonyl (C=O) groups is 2. The van der Waals surface area contributed by atoms with Gasteiger partial charge >= 0.3 is 0 Å². The van der Waals surface area contributed by atoms with Gasteiger partial charge in [0.2, 0.25) is 11.8 Å². The number of amides is 2. The second-order valence-electron chi connectivity index (χ2n) is 12.0. The van der Waals surface area contributed by atoms with E-state index >= 15 is 0 Å². The van der Waals surface area contributed by atoms with Crippen molar-refractivity contribution in [2.45, 2.75) is 58.4 Å². The van der Waals surface area contributed by atoms with E-state index in [0.717, 1.165) is 67.2 Å². The molecule has 0 bridgehead atoms. The molecule has 1 aliphatic carbocycles. The minimum atomic E-state index is -0.473. The van der Waals surface area contributed by atoms with Crippen LogP contribution in [0.3, 0.4) is 0 Å². The topological polar surface area (TPSA) is 103 Å². The number of rotatable bonds is 6. The Morgan fingerprint density at radius 2 is 1.77 bits per heavy atom. The molecule has 1 aliphatic heterocycles. The number of hydrogen-bond acceptors (Lipinski definition) is 6. The van der Waals surface area contributed by atoms with Gasteiger partial charge in [0.15, 0.2) is 0 Å². The van der Waals surface area contributed by atoms with Gasteiger partial charge in [0.1, 0.15) is 6.54 Å². The molecule has 3 aromatic heterocycles. The van der Waals surface area contributed by atoms with Crippen LogP contribution < -0.4 is 5.73 Å². The number of thiazole rings is 1. The molecule has 2 N–H and O–H groups in total. The lowest BCUT2D eigenvalue weighted by molar-refractivity contribution is -0.135. The Hall–Kier alpha value is -4.08. The first kappa shape index (κ1) is 28.7. The predicted molar refractivity (Wildman–Crippen MR) is 175 cm³/mol. The van der Waals surface area contributed by atoms with Gasteiger partial charge in [-0.3, -0.25) is 9.59 Å². The smallest absolute Gasteiger partial charge is 0.248 e. The lowest BCUT2D eigenvalue weighted by atomic mass is 9.81. The summed E-state index contributed by atoms with van der Waals surface area (Å²) in [5, 5.41) is 3.16. The summed E-state index contributed by atoms with van der Waals surface area (Å²) >= 11 is 1.66. The first-order chi connectivity index (χ1) is 21.4. The number of fused-ring (bicyclic) bond motifs is 2. The number of aromatic nitrogens is 3. The number of ether oxygens (including phenoxy) is 1. The molecule has 9 heteroatoms. The van der Waals surface area contributed by atoms with E-state index in [4.69, 9.17) is 15.5 Å². The molecule has 226 valence electrons. The predicted octanol–water partition coefficient (Wildman–Crippen LogP) is 6.60. The lowest BCUT2D eigenvalue weighted by Gasteiger charge is -2.28. The van der Waals surface area contributed by atoms with Crippen molar-refractivity contribution in [3.8, 4) is 21.8 Å². The largest absolute Gasteiger partial charge is 0.378 e. The van der Waals surface area contributed by atoms with Crippen molar-refractivity contribution < 1.29 is 14.3 Å². The van der Waals surface area contributed by atoms with Crippen LogP contribution >= 0.6 is 11.3 Å². The molecule has 1 saturated carbocycles. The van der Waals surface area contributed by atoms with Gasteiger partial charge in [0, 0.05) is 29.4 Å². The average Bonchev–Trinajstić information content (AvgIpc) is 3.56. The Bertz CT molecular complexity index is 1900. The third-order valence-corrected chi connectivity index (χ3v) is 10.3. The molecule has 1 saturated heterocycles. The standard InChI is InChI=1S/C35H37N5O3S/c1-21-34(44-22(2)37-21)29-13-9-24-18-25(10-12-28(24)38-29)33-32(23-6-4-3-5-7-23)27-11-8-26(35(36)42)19-30(27)40(33)20-31(41)39-14-16-43-17-15-39/h8-13,18-19,23H,3-7,14-17,20H2,1-2H3,(H2,36,42). The van der Waals surface area contributed by atoms with Crippen molar-refractivity contribution in [2.75, 3.05) is 26.3 Å². The third-order valence-electron chi connectivity index (χ3n) is 9.16. The number of primary amides is 1. The third kappa shape index (κ3) is 5.28. The second-order valence-corrected chi connectivity index (χ2v) is 13.2. The van der Waals surface area contributed by atoms with Crippen molar-refractivity contribution in [1.82, 2.24) is 19.4 Å². The van der Waals surface area contributed by atoms with E-state index in [1.54, 1.807) is 11.3 Å². The summed E-state index contributed by atoms with van der Waals surface area (Å²) < 4.78 is 7.65. The SMILES string of the molecule is Cc1nc(C)c(-c2ccc3cc(-c4c(C5CCCCC5)c5ccc(C(N)=O)cc5n4CC(=O)N4CCOCC4)ccc3n2)s1. The molecular formula is C35H37N5O3S. The minimum absolute atomic E-state index is 0.0495. The van der Waals surface area contributed by atoms with Crippen molar-refractivity contribution in [3.63, 3.8) is 0 Å².